The molecule has 162 valence electrons. The van der Waals surface area contributed by atoms with Gasteiger partial charge in [0.15, 0.2) is 0 Å². The zero-order valence-electron chi connectivity index (χ0n) is 17.4. The summed E-state index contributed by atoms with van der Waals surface area (Å²) in [6, 6.07) is 17.6. The summed E-state index contributed by atoms with van der Waals surface area (Å²) in [4.78, 5) is 8.97. The van der Waals surface area contributed by atoms with Crippen LogP contribution in [0.5, 0.6) is 5.75 Å². The van der Waals surface area contributed by atoms with E-state index in [2.05, 4.69) is 26.5 Å². The predicted molar refractivity (Wildman–Crippen MR) is 122 cm³/mol. The molecular weight excluding hydrogens is 404 g/mol. The minimum absolute atomic E-state index is 0. The largest absolute Gasteiger partial charge is 0.489 e. The van der Waals surface area contributed by atoms with E-state index in [0.29, 0.717) is 30.5 Å². The maximum Gasteiger partial charge on any atom is 0.227 e. The van der Waals surface area contributed by atoms with Gasteiger partial charge in [0.1, 0.15) is 17.9 Å². The topological polar surface area (TPSA) is 101 Å². The summed E-state index contributed by atoms with van der Waals surface area (Å²) in [6.07, 6.45) is 7.25. The van der Waals surface area contributed by atoms with Gasteiger partial charge in [0, 0.05) is 44.1 Å². The molecule has 0 amide bonds. The Kier molecular flexibility index (Phi) is 5.56. The second-order valence-corrected chi connectivity index (χ2v) is 7.51. The molecule has 2 N–H and O–H groups in total. The number of ether oxygens (including phenoxy) is 2. The Morgan fingerprint density at radius 2 is 2.06 bits per heavy atom. The van der Waals surface area contributed by atoms with Gasteiger partial charge in [-0.2, -0.15) is 5.26 Å². The SMILES string of the molecule is N#Cc1cc(-c2ccnc(Nc3cccc(-n4cc[nH]4)c3)n2)ccc1OC1CCOCC1.[HH]. The van der Waals surface area contributed by atoms with Gasteiger partial charge < -0.3 is 19.9 Å². The van der Waals surface area contributed by atoms with Crippen LogP contribution in [0.2, 0.25) is 0 Å². The molecule has 1 saturated heterocycles. The van der Waals surface area contributed by atoms with Crippen molar-refractivity contribution in [2.24, 2.45) is 0 Å². The van der Waals surface area contributed by atoms with Crippen molar-refractivity contribution < 1.29 is 10.9 Å². The Labute approximate surface area is 186 Å². The summed E-state index contributed by atoms with van der Waals surface area (Å²) in [5.74, 6) is 1.08. The molecule has 32 heavy (non-hydrogen) atoms. The molecule has 0 atom stereocenters. The van der Waals surface area contributed by atoms with Crippen LogP contribution in [0.15, 0.2) is 67.1 Å². The number of rotatable bonds is 6. The second kappa shape index (κ2) is 8.96. The first-order valence-electron chi connectivity index (χ1n) is 10.5. The Morgan fingerprint density at radius 1 is 1.19 bits per heavy atom. The number of anilines is 2. The standard InChI is InChI=1S/C24H22N6O2.H2/c25-16-18-14-17(4-5-23(18)32-21-7-12-31-13-8-21)22-6-9-26-24(29-22)28-19-2-1-3-20(15-19)30-11-10-27-30;/h1-6,9-11,14-15,21,27H,7-8,12-13H2,(H,26,28,29);1H. The van der Waals surface area contributed by atoms with E-state index in [4.69, 9.17) is 9.47 Å². The van der Waals surface area contributed by atoms with E-state index in [9.17, 15) is 5.26 Å². The minimum atomic E-state index is 0. The van der Waals surface area contributed by atoms with Crippen LogP contribution in [0.1, 0.15) is 19.8 Å². The third-order valence-corrected chi connectivity index (χ3v) is 5.33. The first-order valence-corrected chi connectivity index (χ1v) is 10.5. The number of hydrogen-bond acceptors (Lipinski definition) is 6. The molecule has 0 spiro atoms. The maximum absolute atomic E-state index is 9.65. The highest BCUT2D eigenvalue weighted by atomic mass is 16.5. The lowest BCUT2D eigenvalue weighted by atomic mass is 10.1. The molecule has 8 heteroatoms. The van der Waals surface area contributed by atoms with E-state index in [1.54, 1.807) is 6.20 Å². The Hall–Kier alpha value is -4.09. The summed E-state index contributed by atoms with van der Waals surface area (Å²) in [7, 11) is 0. The summed E-state index contributed by atoms with van der Waals surface area (Å²) in [6.45, 7) is 1.38. The fraction of sp³-hybridized carbons (Fsp3) is 0.208. The lowest BCUT2D eigenvalue weighted by Gasteiger charge is -2.23. The smallest absolute Gasteiger partial charge is 0.227 e. The normalized spacial score (nSPS) is 14.1. The van der Waals surface area contributed by atoms with Gasteiger partial charge >= 0.3 is 0 Å². The average molecular weight is 428 g/mol. The average Bonchev–Trinajstić information content (AvgIpc) is 2.79. The van der Waals surface area contributed by atoms with Crippen molar-refractivity contribution in [1.29, 1.82) is 5.26 Å². The van der Waals surface area contributed by atoms with Gasteiger partial charge in [0.2, 0.25) is 5.95 Å². The zero-order chi connectivity index (χ0) is 21.8. The molecule has 0 unspecified atom stereocenters. The Bertz CT molecular complexity index is 1250. The molecule has 4 aromatic rings. The molecular formula is C24H24N6O2. The zero-order valence-corrected chi connectivity index (χ0v) is 17.4. The first-order chi connectivity index (χ1) is 15.8. The Balaban J connectivity index is 0.00000259. The van der Waals surface area contributed by atoms with Gasteiger partial charge in [-0.25, -0.2) is 9.97 Å². The summed E-state index contributed by atoms with van der Waals surface area (Å²) >= 11 is 0. The summed E-state index contributed by atoms with van der Waals surface area (Å²) in [5, 5.41) is 16.0. The number of nitrogens with one attached hydrogen (secondary N) is 2. The highest BCUT2D eigenvalue weighted by Gasteiger charge is 2.17. The van der Waals surface area contributed by atoms with Crippen molar-refractivity contribution in [3.05, 3.63) is 72.7 Å². The van der Waals surface area contributed by atoms with Crippen LogP contribution in [-0.2, 0) is 4.74 Å². The van der Waals surface area contributed by atoms with E-state index >= 15 is 0 Å². The molecule has 2 aromatic heterocycles. The number of hydrogen-bond donors (Lipinski definition) is 2. The monoisotopic (exact) mass is 428 g/mol. The van der Waals surface area contributed by atoms with E-state index in [1.165, 1.54) is 0 Å². The molecule has 1 aliphatic rings. The van der Waals surface area contributed by atoms with Gasteiger partial charge in [0.05, 0.1) is 30.2 Å². The van der Waals surface area contributed by atoms with E-state index in [1.807, 2.05) is 65.6 Å². The summed E-state index contributed by atoms with van der Waals surface area (Å²) in [5.41, 5.74) is 3.92. The molecule has 8 nitrogen and oxygen atoms in total. The van der Waals surface area contributed by atoms with Crippen LogP contribution in [0.3, 0.4) is 0 Å². The van der Waals surface area contributed by atoms with Gasteiger partial charge in [-0.1, -0.05) is 6.07 Å². The van der Waals surface area contributed by atoms with Crippen molar-refractivity contribution in [1.82, 2.24) is 19.7 Å². The van der Waals surface area contributed by atoms with Gasteiger partial charge in [0.25, 0.3) is 0 Å². The lowest BCUT2D eigenvalue weighted by molar-refractivity contribution is 0.0254. The van der Waals surface area contributed by atoms with Crippen molar-refractivity contribution in [2.75, 3.05) is 18.5 Å². The highest BCUT2D eigenvalue weighted by molar-refractivity contribution is 5.66. The Morgan fingerprint density at radius 3 is 2.84 bits per heavy atom. The fourth-order valence-corrected chi connectivity index (χ4v) is 3.60. The minimum Gasteiger partial charge on any atom is -0.489 e. The lowest BCUT2D eigenvalue weighted by Crippen LogP contribution is -2.26. The highest BCUT2D eigenvalue weighted by Crippen LogP contribution is 2.28. The molecule has 1 aliphatic heterocycles. The molecule has 2 aromatic carbocycles. The first kappa shape index (κ1) is 19.8. The van der Waals surface area contributed by atoms with E-state index in [-0.39, 0.29) is 7.53 Å². The van der Waals surface area contributed by atoms with Crippen molar-refractivity contribution in [2.45, 2.75) is 18.9 Å². The predicted octanol–water partition coefficient (Wildman–Crippen LogP) is 4.68. The number of nitriles is 1. The van der Waals surface area contributed by atoms with Crippen LogP contribution in [0.25, 0.3) is 16.9 Å². The van der Waals surface area contributed by atoms with Crippen LogP contribution in [0.4, 0.5) is 11.6 Å². The van der Waals surface area contributed by atoms with Crippen molar-refractivity contribution >= 4 is 11.6 Å². The molecule has 1 fully saturated rings. The van der Waals surface area contributed by atoms with Gasteiger partial charge in [-0.05, 0) is 42.5 Å². The number of aromatic amines is 1. The molecule has 5 rings (SSSR count). The van der Waals surface area contributed by atoms with Crippen LogP contribution in [-0.4, -0.2) is 39.1 Å². The van der Waals surface area contributed by atoms with Crippen LogP contribution < -0.4 is 10.1 Å². The number of nitrogens with zero attached hydrogens (tertiary/aromatic N) is 4. The molecule has 0 saturated carbocycles. The summed E-state index contributed by atoms with van der Waals surface area (Å²) < 4.78 is 13.3. The number of H-pyrrole nitrogens is 1. The van der Waals surface area contributed by atoms with Crippen molar-refractivity contribution in [3.63, 3.8) is 0 Å². The van der Waals surface area contributed by atoms with Crippen LogP contribution in [0, 0.1) is 11.3 Å². The van der Waals surface area contributed by atoms with Gasteiger partial charge in [-0.3, -0.25) is 4.68 Å². The van der Waals surface area contributed by atoms with E-state index in [0.717, 1.165) is 35.5 Å². The molecule has 0 bridgehead atoms. The fourth-order valence-electron chi connectivity index (χ4n) is 3.60. The second-order valence-electron chi connectivity index (χ2n) is 7.51. The number of aromatic nitrogens is 4. The molecule has 3 heterocycles. The number of benzene rings is 2. The third-order valence-electron chi connectivity index (χ3n) is 5.33. The third kappa shape index (κ3) is 4.33. The van der Waals surface area contributed by atoms with Gasteiger partial charge in [-0.15, -0.1) is 0 Å². The quantitative estimate of drug-likeness (QED) is 0.462. The van der Waals surface area contributed by atoms with E-state index < -0.39 is 0 Å². The van der Waals surface area contributed by atoms with Crippen LogP contribution >= 0.6 is 0 Å². The maximum atomic E-state index is 9.65. The molecule has 0 aliphatic carbocycles. The molecule has 0 radical (unpaired) electrons. The van der Waals surface area contributed by atoms with Crippen molar-refractivity contribution in [3.8, 4) is 28.8 Å².